The van der Waals surface area contributed by atoms with E-state index in [9.17, 15) is 29.4 Å². The highest BCUT2D eigenvalue weighted by Gasteiger charge is 2.48. The molecule has 12 heteroatoms. The molecule has 5 N–H and O–H groups in total. The summed E-state index contributed by atoms with van der Waals surface area (Å²) in [6, 6.07) is 9.14. The molecule has 0 saturated carbocycles. The Morgan fingerprint density at radius 1 is 1.14 bits per heavy atom. The molecule has 12 nitrogen and oxygen atoms in total. The Bertz CT molecular complexity index is 1140. The molecule has 0 spiro atoms. The number of ether oxygens (including phenoxy) is 2. The fourth-order valence-corrected chi connectivity index (χ4v) is 4.19. The molecule has 2 aliphatic rings. The van der Waals surface area contributed by atoms with Gasteiger partial charge in [-0.3, -0.25) is 23.9 Å². The van der Waals surface area contributed by atoms with Gasteiger partial charge in [-0.2, -0.15) is 0 Å². The van der Waals surface area contributed by atoms with Crippen LogP contribution in [0.3, 0.4) is 0 Å². The van der Waals surface area contributed by atoms with Gasteiger partial charge in [-0.15, -0.1) is 0 Å². The molecule has 1 aromatic carbocycles. The first-order valence-corrected chi connectivity index (χ1v) is 11.4. The highest BCUT2D eigenvalue weighted by molar-refractivity contribution is 5.90. The average Bonchev–Trinajstić information content (AvgIpc) is 3.46. The molecule has 1 unspecified atom stereocenters. The third-order valence-corrected chi connectivity index (χ3v) is 6.07. The van der Waals surface area contributed by atoms with Gasteiger partial charge in [0.05, 0.1) is 6.10 Å². The van der Waals surface area contributed by atoms with Gasteiger partial charge in [0.1, 0.15) is 18.2 Å². The van der Waals surface area contributed by atoms with Gasteiger partial charge < -0.3 is 30.3 Å². The molecule has 4 rings (SSSR count). The summed E-state index contributed by atoms with van der Waals surface area (Å²) < 4.78 is 11.9. The quantitative estimate of drug-likeness (QED) is 0.289. The number of aromatic nitrogens is 2. The second-order valence-corrected chi connectivity index (χ2v) is 8.58. The Hall–Kier alpha value is -3.32. The number of nitrogens with zero attached hydrogens (tertiary/aromatic N) is 1. The molecule has 0 bridgehead atoms. The predicted octanol–water partition coefficient (Wildman–Crippen LogP) is -1.82. The van der Waals surface area contributed by atoms with Gasteiger partial charge >= 0.3 is 5.69 Å². The summed E-state index contributed by atoms with van der Waals surface area (Å²) in [4.78, 5) is 51.4. The summed E-state index contributed by atoms with van der Waals surface area (Å²) in [6.45, 7) is 0.946. The number of hydrogen-bond acceptors (Lipinski definition) is 8. The Kier molecular flexibility index (Phi) is 7.76. The number of carbonyl (C=O) groups is 2. The van der Waals surface area contributed by atoms with Crippen molar-refractivity contribution in [2.24, 2.45) is 0 Å². The summed E-state index contributed by atoms with van der Waals surface area (Å²) in [7, 11) is 0. The third kappa shape index (κ3) is 5.85. The van der Waals surface area contributed by atoms with Crippen LogP contribution in [0.2, 0.25) is 0 Å². The van der Waals surface area contributed by atoms with E-state index >= 15 is 0 Å². The topological polar surface area (TPSA) is 172 Å². The van der Waals surface area contributed by atoms with Crippen molar-refractivity contribution in [2.75, 3.05) is 13.2 Å². The minimum absolute atomic E-state index is 0.0847. The van der Waals surface area contributed by atoms with E-state index in [2.05, 4.69) is 10.6 Å². The largest absolute Gasteiger partial charge is 0.387 e. The molecule has 188 valence electrons. The monoisotopic (exact) mass is 488 g/mol. The molecule has 2 aliphatic heterocycles. The zero-order valence-corrected chi connectivity index (χ0v) is 18.8. The van der Waals surface area contributed by atoms with Crippen LogP contribution >= 0.6 is 0 Å². The molecular formula is C23H28N4O8. The molecule has 2 saturated heterocycles. The second kappa shape index (κ2) is 11.0. The predicted molar refractivity (Wildman–Crippen MR) is 121 cm³/mol. The van der Waals surface area contributed by atoms with Crippen LogP contribution in [0.5, 0.6) is 0 Å². The van der Waals surface area contributed by atoms with Gasteiger partial charge in [-0.1, -0.05) is 30.3 Å². The van der Waals surface area contributed by atoms with E-state index in [1.165, 1.54) is 0 Å². The molecule has 0 aliphatic carbocycles. The fraction of sp³-hybridized carbons (Fsp3) is 0.478. The van der Waals surface area contributed by atoms with Gasteiger partial charge in [0, 0.05) is 31.8 Å². The zero-order chi connectivity index (χ0) is 24.9. The number of amides is 2. The average molecular weight is 488 g/mol. The van der Waals surface area contributed by atoms with Gasteiger partial charge in [-0.05, 0) is 18.4 Å². The van der Waals surface area contributed by atoms with E-state index in [1.807, 2.05) is 35.3 Å². The van der Waals surface area contributed by atoms with E-state index in [4.69, 9.17) is 9.47 Å². The van der Waals surface area contributed by atoms with E-state index in [0.717, 1.165) is 35.2 Å². The van der Waals surface area contributed by atoms with Crippen LogP contribution in [-0.4, -0.2) is 75.2 Å². The number of aliphatic hydroxyl groups is 2. The highest BCUT2D eigenvalue weighted by Crippen LogP contribution is 2.28. The van der Waals surface area contributed by atoms with Gasteiger partial charge in [0.15, 0.2) is 12.3 Å². The lowest BCUT2D eigenvalue weighted by atomic mass is 10.0. The summed E-state index contributed by atoms with van der Waals surface area (Å²) in [5.74, 6) is -1.26. The molecule has 2 fully saturated rings. The number of carbonyl (C=O) groups excluding carboxylic acids is 2. The van der Waals surface area contributed by atoms with Crippen LogP contribution in [-0.2, 0) is 25.5 Å². The van der Waals surface area contributed by atoms with E-state index < -0.39 is 53.6 Å². The van der Waals surface area contributed by atoms with Crippen molar-refractivity contribution >= 4 is 11.8 Å². The highest BCUT2D eigenvalue weighted by atomic mass is 16.6. The second-order valence-electron chi connectivity index (χ2n) is 8.58. The van der Waals surface area contributed by atoms with Crippen LogP contribution in [0.1, 0.15) is 24.6 Å². The van der Waals surface area contributed by atoms with Crippen molar-refractivity contribution in [1.29, 1.82) is 0 Å². The Labute approximate surface area is 199 Å². The van der Waals surface area contributed by atoms with E-state index in [-0.39, 0.29) is 12.5 Å². The summed E-state index contributed by atoms with van der Waals surface area (Å²) >= 11 is 0. The number of aliphatic hydroxyl groups excluding tert-OH is 2. The summed E-state index contributed by atoms with van der Waals surface area (Å²) in [5.41, 5.74) is -0.715. The number of hydrogen-bond donors (Lipinski definition) is 5. The van der Waals surface area contributed by atoms with E-state index in [1.54, 1.807) is 0 Å². The molecular weight excluding hydrogens is 460 g/mol. The van der Waals surface area contributed by atoms with Crippen molar-refractivity contribution in [2.45, 2.75) is 55.9 Å². The lowest BCUT2D eigenvalue weighted by Gasteiger charge is -2.22. The van der Waals surface area contributed by atoms with Gasteiger partial charge in [-0.25, -0.2) is 4.79 Å². The van der Waals surface area contributed by atoms with Crippen molar-refractivity contribution in [3.05, 3.63) is 69.0 Å². The minimum atomic E-state index is -1.67. The Morgan fingerprint density at radius 2 is 1.91 bits per heavy atom. The molecule has 6 atom stereocenters. The number of rotatable bonds is 8. The van der Waals surface area contributed by atoms with Crippen LogP contribution in [0, 0.1) is 0 Å². The zero-order valence-electron chi connectivity index (χ0n) is 18.8. The fourth-order valence-electron chi connectivity index (χ4n) is 4.19. The lowest BCUT2D eigenvalue weighted by molar-refractivity contribution is -0.141. The van der Waals surface area contributed by atoms with Crippen LogP contribution in [0.15, 0.2) is 52.2 Å². The number of benzene rings is 1. The third-order valence-electron chi connectivity index (χ3n) is 6.07. The standard InChI is InChI=1S/C23H28N4O8/c28-16-8-9-27(23(33)26-16)22-18(30)17(29)19(35-22)21(32)25-15(11-13-5-2-1-3-6-13)20(31)24-12-14-7-4-10-34-14/h1-3,5-6,8-9,14-15,17-19,22,29-30H,4,7,10-12H2,(H,24,31)(H,25,32)(H,26,28,33)/t14?,15-,17+,18-,19+,22-/m1/s1. The van der Waals surface area contributed by atoms with Crippen LogP contribution < -0.4 is 21.9 Å². The van der Waals surface area contributed by atoms with Crippen molar-refractivity contribution in [3.8, 4) is 0 Å². The Morgan fingerprint density at radius 3 is 2.60 bits per heavy atom. The minimum Gasteiger partial charge on any atom is -0.387 e. The normalized spacial score (nSPS) is 26.9. The maximum Gasteiger partial charge on any atom is 0.330 e. The van der Waals surface area contributed by atoms with Gasteiger partial charge in [0.25, 0.3) is 11.5 Å². The molecule has 3 heterocycles. The van der Waals surface area contributed by atoms with E-state index in [0.29, 0.717) is 13.2 Å². The van der Waals surface area contributed by atoms with Crippen LogP contribution in [0.25, 0.3) is 0 Å². The number of aromatic amines is 1. The first-order chi connectivity index (χ1) is 16.8. The number of H-pyrrole nitrogens is 1. The molecule has 1 aromatic heterocycles. The lowest BCUT2D eigenvalue weighted by Crippen LogP contribution is -2.53. The SMILES string of the molecule is O=C(N[C@H](Cc1ccccc1)C(=O)NCC1CCCO1)[C@H]1O[C@@H](n2ccc(=O)[nH]c2=O)[C@H](O)[C@@H]1O. The van der Waals surface area contributed by atoms with Crippen molar-refractivity contribution in [3.63, 3.8) is 0 Å². The van der Waals surface area contributed by atoms with Crippen molar-refractivity contribution in [1.82, 2.24) is 20.2 Å². The summed E-state index contributed by atoms with van der Waals surface area (Å²) in [5, 5.41) is 26.3. The van der Waals surface area contributed by atoms with Crippen LogP contribution in [0.4, 0.5) is 0 Å². The molecule has 0 radical (unpaired) electrons. The molecule has 2 aromatic rings. The van der Waals surface area contributed by atoms with Gasteiger partial charge in [0.2, 0.25) is 5.91 Å². The van der Waals surface area contributed by atoms with Crippen molar-refractivity contribution < 1.29 is 29.3 Å². The first-order valence-electron chi connectivity index (χ1n) is 11.4. The first kappa shape index (κ1) is 24.8. The smallest absolute Gasteiger partial charge is 0.330 e. The Balaban J connectivity index is 1.47. The molecule has 2 amide bonds. The maximum atomic E-state index is 13.0. The number of nitrogens with one attached hydrogen (secondary N) is 3. The molecule has 35 heavy (non-hydrogen) atoms. The maximum absolute atomic E-state index is 13.0. The summed E-state index contributed by atoms with van der Waals surface area (Å²) in [6.07, 6.45) is -3.33.